The molecule has 0 spiro atoms. The van der Waals surface area contributed by atoms with Crippen LogP contribution >= 0.6 is 0 Å². The predicted molar refractivity (Wildman–Crippen MR) is 62.2 cm³/mol. The summed E-state index contributed by atoms with van der Waals surface area (Å²) < 4.78 is 31.1. The summed E-state index contributed by atoms with van der Waals surface area (Å²) >= 11 is 0. The van der Waals surface area contributed by atoms with Gasteiger partial charge in [-0.1, -0.05) is 0 Å². The van der Waals surface area contributed by atoms with Gasteiger partial charge in [-0.2, -0.15) is 0 Å². The monoisotopic (exact) mass is 256 g/mol. The molecule has 0 unspecified atom stereocenters. The number of nitrogens with one attached hydrogen (secondary N) is 1. The number of hydrogen-bond donors (Lipinski definition) is 1. The van der Waals surface area contributed by atoms with Gasteiger partial charge in [0.25, 0.3) is 0 Å². The second-order valence-corrected chi connectivity index (χ2v) is 3.97. The van der Waals surface area contributed by atoms with Crippen molar-refractivity contribution in [1.82, 2.24) is 4.90 Å². The SMILES string of the molecule is O=C(CNc1ccc(F)cc1F)N1CCOCC1. The normalized spacial score (nSPS) is 15.6. The second kappa shape index (κ2) is 5.77. The molecule has 0 aliphatic carbocycles. The molecule has 0 bridgehead atoms. The first kappa shape index (κ1) is 12.8. The molecule has 1 fully saturated rings. The number of carbonyl (C=O) groups is 1. The van der Waals surface area contributed by atoms with Gasteiger partial charge in [0.2, 0.25) is 5.91 Å². The largest absolute Gasteiger partial charge is 0.378 e. The zero-order chi connectivity index (χ0) is 13.0. The maximum absolute atomic E-state index is 13.3. The van der Waals surface area contributed by atoms with Crippen LogP contribution in [-0.2, 0) is 9.53 Å². The van der Waals surface area contributed by atoms with E-state index in [1.54, 1.807) is 4.90 Å². The van der Waals surface area contributed by atoms with Crippen molar-refractivity contribution < 1.29 is 18.3 Å². The van der Waals surface area contributed by atoms with Crippen molar-refractivity contribution in [3.8, 4) is 0 Å². The van der Waals surface area contributed by atoms with E-state index in [2.05, 4.69) is 5.32 Å². The molecule has 1 saturated heterocycles. The van der Waals surface area contributed by atoms with Gasteiger partial charge in [0.05, 0.1) is 25.4 Å². The maximum Gasteiger partial charge on any atom is 0.242 e. The Kier molecular flexibility index (Phi) is 4.09. The molecule has 98 valence electrons. The summed E-state index contributed by atoms with van der Waals surface area (Å²) in [5.74, 6) is -1.47. The van der Waals surface area contributed by atoms with Crippen molar-refractivity contribution in [3.05, 3.63) is 29.8 Å². The van der Waals surface area contributed by atoms with E-state index in [4.69, 9.17) is 4.74 Å². The first-order chi connectivity index (χ1) is 8.66. The Morgan fingerprint density at radius 3 is 2.72 bits per heavy atom. The highest BCUT2D eigenvalue weighted by Crippen LogP contribution is 2.14. The Morgan fingerprint density at radius 1 is 1.33 bits per heavy atom. The Morgan fingerprint density at radius 2 is 2.06 bits per heavy atom. The molecule has 18 heavy (non-hydrogen) atoms. The number of halogens is 2. The molecule has 1 aromatic carbocycles. The van der Waals surface area contributed by atoms with Gasteiger partial charge in [-0.15, -0.1) is 0 Å². The van der Waals surface area contributed by atoms with E-state index in [0.717, 1.165) is 12.1 Å². The minimum absolute atomic E-state index is 0.0114. The molecule has 1 aliphatic heterocycles. The molecule has 1 amide bonds. The van der Waals surface area contributed by atoms with Crippen LogP contribution in [0.5, 0.6) is 0 Å². The fraction of sp³-hybridized carbons (Fsp3) is 0.417. The topological polar surface area (TPSA) is 41.6 Å². The van der Waals surface area contributed by atoms with E-state index in [9.17, 15) is 13.6 Å². The molecule has 0 saturated carbocycles. The number of morpholine rings is 1. The predicted octanol–water partition coefficient (Wildman–Crippen LogP) is 1.24. The zero-order valence-corrected chi connectivity index (χ0v) is 9.79. The maximum atomic E-state index is 13.3. The van der Waals surface area contributed by atoms with Crippen LogP contribution in [0.2, 0.25) is 0 Å². The van der Waals surface area contributed by atoms with Crippen LogP contribution in [0.25, 0.3) is 0 Å². The molecule has 2 rings (SSSR count). The fourth-order valence-electron chi connectivity index (χ4n) is 1.73. The van der Waals surface area contributed by atoms with Gasteiger partial charge in [0, 0.05) is 19.2 Å². The highest BCUT2D eigenvalue weighted by Gasteiger charge is 2.16. The molecule has 1 heterocycles. The number of ether oxygens (including phenoxy) is 1. The van der Waals surface area contributed by atoms with Crippen molar-refractivity contribution >= 4 is 11.6 Å². The lowest BCUT2D eigenvalue weighted by molar-refractivity contribution is -0.133. The van der Waals surface area contributed by atoms with Gasteiger partial charge in [0.1, 0.15) is 11.6 Å². The van der Waals surface area contributed by atoms with Crippen LogP contribution in [0.1, 0.15) is 0 Å². The van der Waals surface area contributed by atoms with Crippen LogP contribution in [0.4, 0.5) is 14.5 Å². The average molecular weight is 256 g/mol. The number of benzene rings is 1. The van der Waals surface area contributed by atoms with Crippen molar-refractivity contribution in [3.63, 3.8) is 0 Å². The zero-order valence-electron chi connectivity index (χ0n) is 9.79. The number of carbonyl (C=O) groups excluding carboxylic acids is 1. The number of rotatable bonds is 3. The summed E-state index contributed by atoms with van der Waals surface area (Å²) in [5.41, 5.74) is 0.123. The number of hydrogen-bond acceptors (Lipinski definition) is 3. The summed E-state index contributed by atoms with van der Waals surface area (Å²) in [6, 6.07) is 3.20. The number of anilines is 1. The third-order valence-electron chi connectivity index (χ3n) is 2.72. The van der Waals surface area contributed by atoms with Gasteiger partial charge < -0.3 is 15.0 Å². The quantitative estimate of drug-likeness (QED) is 0.884. The molecule has 0 radical (unpaired) electrons. The lowest BCUT2D eigenvalue weighted by Crippen LogP contribution is -2.43. The standard InChI is InChI=1S/C12H14F2N2O2/c13-9-1-2-11(10(14)7-9)15-8-12(17)16-3-5-18-6-4-16/h1-2,7,15H,3-6,8H2. The van der Waals surface area contributed by atoms with Gasteiger partial charge in [-0.25, -0.2) is 8.78 Å². The van der Waals surface area contributed by atoms with E-state index >= 15 is 0 Å². The van der Waals surface area contributed by atoms with Crippen molar-refractivity contribution in [2.75, 3.05) is 38.2 Å². The lowest BCUT2D eigenvalue weighted by Gasteiger charge is -2.27. The van der Waals surface area contributed by atoms with Crippen LogP contribution in [0.15, 0.2) is 18.2 Å². The van der Waals surface area contributed by atoms with Crippen molar-refractivity contribution in [2.45, 2.75) is 0 Å². The van der Waals surface area contributed by atoms with Gasteiger partial charge in [-0.05, 0) is 12.1 Å². The van der Waals surface area contributed by atoms with E-state index in [1.165, 1.54) is 6.07 Å². The van der Waals surface area contributed by atoms with E-state index in [1.807, 2.05) is 0 Å². The van der Waals surface area contributed by atoms with Gasteiger partial charge in [0.15, 0.2) is 0 Å². The molecule has 1 N–H and O–H groups in total. The molecule has 6 heteroatoms. The molecule has 1 aliphatic rings. The van der Waals surface area contributed by atoms with E-state index in [0.29, 0.717) is 26.3 Å². The molecule has 0 atom stereocenters. The van der Waals surface area contributed by atoms with Gasteiger partial charge in [-0.3, -0.25) is 4.79 Å². The molecule has 1 aromatic rings. The highest BCUT2D eigenvalue weighted by atomic mass is 19.1. The van der Waals surface area contributed by atoms with Crippen molar-refractivity contribution in [2.24, 2.45) is 0 Å². The lowest BCUT2D eigenvalue weighted by atomic mass is 10.3. The molecular formula is C12H14F2N2O2. The molecular weight excluding hydrogens is 242 g/mol. The van der Waals surface area contributed by atoms with Crippen molar-refractivity contribution in [1.29, 1.82) is 0 Å². The van der Waals surface area contributed by atoms with Crippen LogP contribution < -0.4 is 5.32 Å². The summed E-state index contributed by atoms with van der Waals surface area (Å²) in [6.45, 7) is 2.13. The third-order valence-corrected chi connectivity index (χ3v) is 2.72. The summed E-state index contributed by atoms with van der Waals surface area (Å²) in [4.78, 5) is 13.4. The van der Waals surface area contributed by atoms with Crippen LogP contribution in [0, 0.1) is 11.6 Å². The number of nitrogens with zero attached hydrogens (tertiary/aromatic N) is 1. The second-order valence-electron chi connectivity index (χ2n) is 3.97. The minimum atomic E-state index is -0.704. The first-order valence-electron chi connectivity index (χ1n) is 5.71. The molecule has 4 nitrogen and oxygen atoms in total. The fourth-order valence-corrected chi connectivity index (χ4v) is 1.73. The van der Waals surface area contributed by atoms with E-state index in [-0.39, 0.29) is 18.1 Å². The highest BCUT2D eigenvalue weighted by molar-refractivity contribution is 5.81. The Hall–Kier alpha value is -1.69. The summed E-state index contributed by atoms with van der Waals surface area (Å²) in [6.07, 6.45) is 0. The first-order valence-corrected chi connectivity index (χ1v) is 5.71. The third kappa shape index (κ3) is 3.16. The smallest absolute Gasteiger partial charge is 0.242 e. The average Bonchev–Trinajstić information content (AvgIpc) is 2.38. The van der Waals surface area contributed by atoms with Crippen LogP contribution in [0.3, 0.4) is 0 Å². The minimum Gasteiger partial charge on any atom is -0.378 e. The summed E-state index contributed by atoms with van der Waals surface area (Å²) in [5, 5.41) is 2.66. The number of amides is 1. The molecule has 0 aromatic heterocycles. The Bertz CT molecular complexity index is 434. The van der Waals surface area contributed by atoms with Crippen LogP contribution in [-0.4, -0.2) is 43.7 Å². The summed E-state index contributed by atoms with van der Waals surface area (Å²) in [7, 11) is 0. The van der Waals surface area contributed by atoms with E-state index < -0.39 is 11.6 Å². The Balaban J connectivity index is 1.88. The van der Waals surface area contributed by atoms with Gasteiger partial charge >= 0.3 is 0 Å². The Labute approximate surface area is 104 Å².